The Labute approximate surface area is 142 Å². The Hall–Kier alpha value is -2.94. The van der Waals surface area contributed by atoms with E-state index >= 15 is 0 Å². The fourth-order valence-electron chi connectivity index (χ4n) is 2.12. The van der Waals surface area contributed by atoms with Crippen LogP contribution in [0.2, 0.25) is 5.02 Å². The molecular formula is C14H14ClN7O2. The molecule has 0 saturated heterocycles. The smallest absolute Gasteiger partial charge is 0.410 e. The summed E-state index contributed by atoms with van der Waals surface area (Å²) in [5.41, 5.74) is 1.56. The highest BCUT2D eigenvalue weighted by Gasteiger charge is 2.14. The van der Waals surface area contributed by atoms with Crippen molar-refractivity contribution in [3.05, 3.63) is 53.6 Å². The van der Waals surface area contributed by atoms with Crippen LogP contribution in [0.4, 0.5) is 4.79 Å². The maximum atomic E-state index is 11.6. The number of hydrogen-bond donors (Lipinski definition) is 1. The lowest BCUT2D eigenvalue weighted by molar-refractivity contribution is 0.202. The van der Waals surface area contributed by atoms with E-state index in [0.717, 1.165) is 11.1 Å². The Bertz CT molecular complexity index is 818. The van der Waals surface area contributed by atoms with Crippen molar-refractivity contribution < 1.29 is 9.53 Å². The van der Waals surface area contributed by atoms with Gasteiger partial charge in [0.15, 0.2) is 0 Å². The number of hydrogen-bond acceptors (Lipinski definition) is 6. The first-order valence-corrected chi connectivity index (χ1v) is 7.39. The zero-order valence-corrected chi connectivity index (χ0v) is 13.5. The first-order valence-electron chi connectivity index (χ1n) is 7.01. The largest absolute Gasteiger partial charge is 0.412 e. The number of ether oxygens (including phenoxy) is 1. The third-order valence-corrected chi connectivity index (χ3v) is 3.59. The molecule has 1 N–H and O–H groups in total. The van der Waals surface area contributed by atoms with Crippen LogP contribution in [-0.2, 0) is 13.1 Å². The lowest BCUT2D eigenvalue weighted by atomic mass is 10.1. The molecule has 2 aromatic heterocycles. The lowest BCUT2D eigenvalue weighted by Gasteiger charge is -2.13. The van der Waals surface area contributed by atoms with Crippen LogP contribution in [0.25, 0.3) is 0 Å². The highest BCUT2D eigenvalue weighted by molar-refractivity contribution is 6.31. The minimum Gasteiger partial charge on any atom is -0.410 e. The topological polar surface area (TPSA) is 99.8 Å². The van der Waals surface area contributed by atoms with E-state index in [2.05, 4.69) is 25.5 Å². The van der Waals surface area contributed by atoms with Crippen molar-refractivity contribution in [3.63, 3.8) is 0 Å². The third-order valence-electron chi connectivity index (χ3n) is 3.23. The first-order chi connectivity index (χ1) is 11.7. The summed E-state index contributed by atoms with van der Waals surface area (Å²) >= 11 is 6.32. The highest BCUT2D eigenvalue weighted by Crippen LogP contribution is 2.29. The van der Waals surface area contributed by atoms with Crippen molar-refractivity contribution in [2.75, 3.05) is 7.05 Å². The molecule has 1 aromatic carbocycles. The molecule has 124 valence electrons. The first kappa shape index (κ1) is 15.9. The van der Waals surface area contributed by atoms with Crippen LogP contribution in [0.5, 0.6) is 5.75 Å². The van der Waals surface area contributed by atoms with Crippen molar-refractivity contribution >= 4 is 17.7 Å². The molecule has 0 fully saturated rings. The molecule has 0 radical (unpaired) electrons. The summed E-state index contributed by atoms with van der Waals surface area (Å²) in [4.78, 5) is 19.4. The summed E-state index contributed by atoms with van der Waals surface area (Å²) in [6, 6.07) is 3.46. The molecule has 0 aliphatic carbocycles. The molecule has 0 unspecified atom stereocenters. The van der Waals surface area contributed by atoms with Gasteiger partial charge in [-0.2, -0.15) is 10.2 Å². The fourth-order valence-corrected chi connectivity index (χ4v) is 2.33. The zero-order chi connectivity index (χ0) is 16.9. The number of rotatable bonds is 5. The van der Waals surface area contributed by atoms with Gasteiger partial charge in [0.1, 0.15) is 31.1 Å². The van der Waals surface area contributed by atoms with Crippen LogP contribution in [0.3, 0.4) is 0 Å². The molecule has 10 heteroatoms. The van der Waals surface area contributed by atoms with Crippen LogP contribution in [0.1, 0.15) is 11.1 Å². The van der Waals surface area contributed by atoms with E-state index in [9.17, 15) is 4.79 Å². The molecule has 2 heterocycles. The van der Waals surface area contributed by atoms with Gasteiger partial charge in [0, 0.05) is 23.7 Å². The molecule has 0 aliphatic heterocycles. The Morgan fingerprint density at radius 3 is 2.29 bits per heavy atom. The Balaban J connectivity index is 1.95. The monoisotopic (exact) mass is 347 g/mol. The number of carbonyl (C=O) groups excluding carboxylic acids is 1. The van der Waals surface area contributed by atoms with E-state index in [1.807, 2.05) is 6.07 Å². The molecule has 24 heavy (non-hydrogen) atoms. The van der Waals surface area contributed by atoms with Crippen LogP contribution < -0.4 is 10.1 Å². The van der Waals surface area contributed by atoms with Gasteiger partial charge >= 0.3 is 6.09 Å². The van der Waals surface area contributed by atoms with Gasteiger partial charge in [0.2, 0.25) is 0 Å². The van der Waals surface area contributed by atoms with Gasteiger partial charge in [-0.05, 0) is 11.6 Å². The SMILES string of the molecule is CNC(=O)Oc1cc(Cl)c(Cn2cncn2)cc1Cn1cncn1. The van der Waals surface area contributed by atoms with E-state index in [1.54, 1.807) is 28.1 Å². The molecule has 9 nitrogen and oxygen atoms in total. The Morgan fingerprint density at radius 2 is 1.75 bits per heavy atom. The predicted molar refractivity (Wildman–Crippen MR) is 84.8 cm³/mol. The van der Waals surface area contributed by atoms with Crippen molar-refractivity contribution in [2.24, 2.45) is 0 Å². The summed E-state index contributed by atoms with van der Waals surface area (Å²) in [5, 5.41) is 11.0. The van der Waals surface area contributed by atoms with Crippen LogP contribution >= 0.6 is 11.6 Å². The molecule has 0 atom stereocenters. The zero-order valence-electron chi connectivity index (χ0n) is 12.8. The summed E-state index contributed by atoms with van der Waals surface area (Å²) < 4.78 is 8.56. The fraction of sp³-hybridized carbons (Fsp3) is 0.214. The second-order valence-corrected chi connectivity index (χ2v) is 5.28. The van der Waals surface area contributed by atoms with E-state index < -0.39 is 6.09 Å². The summed E-state index contributed by atoms with van der Waals surface area (Å²) in [6.07, 6.45) is 5.49. The number of aromatic nitrogens is 6. The van der Waals surface area contributed by atoms with E-state index in [1.165, 1.54) is 19.7 Å². The molecule has 3 aromatic rings. The predicted octanol–water partition coefficient (Wildman–Crippen LogP) is 1.34. The molecule has 1 amide bonds. The number of halogens is 1. The van der Waals surface area contributed by atoms with Gasteiger partial charge in [-0.25, -0.2) is 24.1 Å². The molecule has 0 aliphatic rings. The maximum absolute atomic E-state index is 11.6. The summed E-state index contributed by atoms with van der Waals surface area (Å²) in [6.45, 7) is 0.831. The second kappa shape index (κ2) is 7.09. The van der Waals surface area contributed by atoms with Crippen LogP contribution in [-0.4, -0.2) is 42.7 Å². The lowest BCUT2D eigenvalue weighted by Crippen LogP contribution is -2.23. The summed E-state index contributed by atoms with van der Waals surface area (Å²) in [5.74, 6) is 0.359. The minimum absolute atomic E-state index is 0.359. The summed E-state index contributed by atoms with van der Waals surface area (Å²) in [7, 11) is 1.49. The van der Waals surface area contributed by atoms with Crippen molar-refractivity contribution in [1.29, 1.82) is 0 Å². The van der Waals surface area contributed by atoms with Gasteiger partial charge in [0.05, 0.1) is 13.1 Å². The molecule has 0 bridgehead atoms. The van der Waals surface area contributed by atoms with Gasteiger partial charge in [0.25, 0.3) is 0 Å². The quantitative estimate of drug-likeness (QED) is 0.747. The molecule has 3 rings (SSSR count). The average Bonchev–Trinajstić information content (AvgIpc) is 3.25. The third kappa shape index (κ3) is 3.69. The minimum atomic E-state index is -0.574. The van der Waals surface area contributed by atoms with E-state index in [0.29, 0.717) is 23.9 Å². The Kier molecular flexibility index (Phi) is 4.71. The van der Waals surface area contributed by atoms with Gasteiger partial charge < -0.3 is 10.1 Å². The maximum Gasteiger partial charge on any atom is 0.412 e. The van der Waals surface area contributed by atoms with E-state index in [-0.39, 0.29) is 0 Å². The molecule has 0 spiro atoms. The standard InChI is InChI=1S/C14H14ClN7O2/c1-16-14(23)24-13-3-12(15)10(4-21-8-17-6-19-21)2-11(13)5-22-9-18-7-20-22/h2-3,6-9H,4-5H2,1H3,(H,16,23). The number of carbonyl (C=O) groups is 1. The number of nitrogens with one attached hydrogen (secondary N) is 1. The highest BCUT2D eigenvalue weighted by atomic mass is 35.5. The number of benzene rings is 1. The average molecular weight is 348 g/mol. The van der Waals surface area contributed by atoms with Gasteiger partial charge in [-0.3, -0.25) is 0 Å². The number of amides is 1. The molecule has 0 saturated carbocycles. The molecular weight excluding hydrogens is 334 g/mol. The van der Waals surface area contributed by atoms with Gasteiger partial charge in [-0.15, -0.1) is 0 Å². The van der Waals surface area contributed by atoms with Crippen LogP contribution in [0.15, 0.2) is 37.4 Å². The van der Waals surface area contributed by atoms with Crippen molar-refractivity contribution in [2.45, 2.75) is 13.1 Å². The Morgan fingerprint density at radius 1 is 1.12 bits per heavy atom. The second-order valence-electron chi connectivity index (χ2n) is 4.88. The van der Waals surface area contributed by atoms with E-state index in [4.69, 9.17) is 16.3 Å². The van der Waals surface area contributed by atoms with Crippen molar-refractivity contribution in [1.82, 2.24) is 34.8 Å². The van der Waals surface area contributed by atoms with Gasteiger partial charge in [-0.1, -0.05) is 11.6 Å². The van der Waals surface area contributed by atoms with Crippen molar-refractivity contribution in [3.8, 4) is 5.75 Å². The van der Waals surface area contributed by atoms with Crippen LogP contribution in [0, 0.1) is 0 Å². The normalized spacial score (nSPS) is 10.6. The number of nitrogens with zero attached hydrogens (tertiary/aromatic N) is 6.